The predicted molar refractivity (Wildman–Crippen MR) is 71.0 cm³/mol. The Morgan fingerprint density at radius 1 is 1.28 bits per heavy atom. The molecule has 2 aromatic rings. The van der Waals surface area contributed by atoms with E-state index in [-0.39, 0.29) is 6.42 Å². The van der Waals surface area contributed by atoms with Crippen LogP contribution in [0.2, 0.25) is 0 Å². The van der Waals surface area contributed by atoms with Crippen molar-refractivity contribution in [3.05, 3.63) is 46.6 Å². The fourth-order valence-corrected chi connectivity index (χ4v) is 1.87. The van der Waals surface area contributed by atoms with Crippen molar-refractivity contribution in [2.75, 3.05) is 0 Å². The molecule has 4 nitrogen and oxygen atoms in total. The van der Waals surface area contributed by atoms with Crippen molar-refractivity contribution >= 4 is 21.9 Å². The summed E-state index contributed by atoms with van der Waals surface area (Å²) in [5.74, 6) is 0.220. The number of carboxylic acids is 1. The van der Waals surface area contributed by atoms with Gasteiger partial charge in [-0.25, -0.2) is 0 Å². The highest BCUT2D eigenvalue weighted by atomic mass is 79.9. The molecule has 1 heterocycles. The molecule has 0 radical (unpaired) electrons. The van der Waals surface area contributed by atoms with Gasteiger partial charge in [0.25, 0.3) is 0 Å². The van der Waals surface area contributed by atoms with Crippen molar-refractivity contribution in [1.29, 1.82) is 0 Å². The standard InChI is InChI=1S/C13H12BrNO3/c14-9-3-1-8(2-4-9)11-5-6-12(18-11)10(15)7-13(16)17/h1-6,10H,7,15H2,(H,16,17). The van der Waals surface area contributed by atoms with Gasteiger partial charge in [-0.15, -0.1) is 0 Å². The van der Waals surface area contributed by atoms with Crippen LogP contribution in [0, 0.1) is 0 Å². The molecule has 1 unspecified atom stereocenters. The van der Waals surface area contributed by atoms with Crippen LogP contribution < -0.4 is 5.73 Å². The topological polar surface area (TPSA) is 76.5 Å². The van der Waals surface area contributed by atoms with E-state index in [2.05, 4.69) is 15.9 Å². The van der Waals surface area contributed by atoms with Crippen molar-refractivity contribution in [3.63, 3.8) is 0 Å². The van der Waals surface area contributed by atoms with Crippen LogP contribution in [0.15, 0.2) is 45.3 Å². The summed E-state index contributed by atoms with van der Waals surface area (Å²) >= 11 is 3.36. The van der Waals surface area contributed by atoms with Crippen LogP contribution >= 0.6 is 15.9 Å². The first kappa shape index (κ1) is 12.9. The molecule has 3 N–H and O–H groups in total. The Labute approximate surface area is 113 Å². The van der Waals surface area contributed by atoms with Crippen LogP contribution in [0.3, 0.4) is 0 Å². The summed E-state index contributed by atoms with van der Waals surface area (Å²) in [6.07, 6.45) is -0.146. The first-order valence-corrected chi connectivity index (χ1v) is 6.18. The fraction of sp³-hybridized carbons (Fsp3) is 0.154. The number of hydrogen-bond donors (Lipinski definition) is 2. The van der Waals surface area contributed by atoms with Crippen LogP contribution in [0.5, 0.6) is 0 Å². The van der Waals surface area contributed by atoms with E-state index in [1.54, 1.807) is 12.1 Å². The van der Waals surface area contributed by atoms with Gasteiger partial charge in [-0.3, -0.25) is 4.79 Å². The summed E-state index contributed by atoms with van der Waals surface area (Å²) in [6.45, 7) is 0. The molecule has 1 aromatic carbocycles. The van der Waals surface area contributed by atoms with Crippen molar-refractivity contribution in [1.82, 2.24) is 0 Å². The maximum absolute atomic E-state index is 10.6. The van der Waals surface area contributed by atoms with Crippen LogP contribution in [0.25, 0.3) is 11.3 Å². The summed E-state index contributed by atoms with van der Waals surface area (Å²) in [6, 6.07) is 10.5. The zero-order chi connectivity index (χ0) is 13.1. The van der Waals surface area contributed by atoms with Gasteiger partial charge in [0, 0.05) is 10.0 Å². The van der Waals surface area contributed by atoms with E-state index in [1.165, 1.54) is 0 Å². The Morgan fingerprint density at radius 3 is 2.56 bits per heavy atom. The predicted octanol–water partition coefficient (Wildman–Crippen LogP) is 3.18. The molecule has 0 spiro atoms. The summed E-state index contributed by atoms with van der Waals surface area (Å²) < 4.78 is 6.56. The summed E-state index contributed by atoms with van der Waals surface area (Å²) in [5, 5.41) is 8.67. The molecular formula is C13H12BrNO3. The Kier molecular flexibility index (Phi) is 3.84. The van der Waals surface area contributed by atoms with E-state index in [0.29, 0.717) is 11.5 Å². The molecule has 1 atom stereocenters. The molecule has 0 aliphatic carbocycles. The maximum Gasteiger partial charge on any atom is 0.305 e. The normalized spacial score (nSPS) is 12.3. The fourth-order valence-electron chi connectivity index (χ4n) is 1.61. The average Bonchev–Trinajstić information content (AvgIpc) is 2.78. The van der Waals surface area contributed by atoms with Gasteiger partial charge in [-0.2, -0.15) is 0 Å². The summed E-state index contributed by atoms with van der Waals surface area (Å²) in [5.41, 5.74) is 6.65. The van der Waals surface area contributed by atoms with Crippen LogP contribution in [0.4, 0.5) is 0 Å². The molecule has 0 fully saturated rings. The van der Waals surface area contributed by atoms with E-state index in [4.69, 9.17) is 15.3 Å². The first-order valence-electron chi connectivity index (χ1n) is 5.39. The lowest BCUT2D eigenvalue weighted by molar-refractivity contribution is -0.137. The number of benzene rings is 1. The Bertz CT molecular complexity index is 548. The third kappa shape index (κ3) is 3.00. The van der Waals surface area contributed by atoms with Gasteiger partial charge in [0.05, 0.1) is 12.5 Å². The maximum atomic E-state index is 10.6. The second-order valence-corrected chi connectivity index (χ2v) is 4.83. The van der Waals surface area contributed by atoms with Gasteiger partial charge in [0.15, 0.2) is 0 Å². The number of carboxylic acid groups (broad SMARTS) is 1. The van der Waals surface area contributed by atoms with Gasteiger partial charge in [-0.05, 0) is 24.3 Å². The third-order valence-electron chi connectivity index (χ3n) is 2.52. The zero-order valence-electron chi connectivity index (χ0n) is 9.47. The quantitative estimate of drug-likeness (QED) is 0.909. The highest BCUT2D eigenvalue weighted by molar-refractivity contribution is 9.10. The monoisotopic (exact) mass is 309 g/mol. The van der Waals surface area contributed by atoms with Gasteiger partial charge in [0.1, 0.15) is 11.5 Å². The van der Waals surface area contributed by atoms with Crippen molar-refractivity contribution < 1.29 is 14.3 Å². The largest absolute Gasteiger partial charge is 0.481 e. The highest BCUT2D eigenvalue weighted by Crippen LogP contribution is 2.26. The molecule has 18 heavy (non-hydrogen) atoms. The van der Waals surface area contributed by atoms with Crippen molar-refractivity contribution in [2.45, 2.75) is 12.5 Å². The van der Waals surface area contributed by atoms with Gasteiger partial charge in [-0.1, -0.05) is 28.1 Å². The minimum Gasteiger partial charge on any atom is -0.481 e. The molecule has 0 aliphatic rings. The van der Waals surface area contributed by atoms with Crippen molar-refractivity contribution in [2.24, 2.45) is 5.73 Å². The number of carbonyl (C=O) groups is 1. The Morgan fingerprint density at radius 2 is 1.94 bits per heavy atom. The number of aliphatic carboxylic acids is 1. The molecule has 0 saturated heterocycles. The molecule has 5 heteroatoms. The van der Waals surface area contributed by atoms with E-state index in [1.807, 2.05) is 24.3 Å². The molecule has 2 rings (SSSR count). The lowest BCUT2D eigenvalue weighted by atomic mass is 10.1. The van der Waals surface area contributed by atoms with E-state index >= 15 is 0 Å². The highest BCUT2D eigenvalue weighted by Gasteiger charge is 2.15. The third-order valence-corrected chi connectivity index (χ3v) is 3.04. The van der Waals surface area contributed by atoms with Gasteiger partial charge >= 0.3 is 5.97 Å². The van der Waals surface area contributed by atoms with Gasteiger partial charge < -0.3 is 15.3 Å². The van der Waals surface area contributed by atoms with E-state index in [0.717, 1.165) is 10.0 Å². The number of halogens is 1. The molecule has 1 aromatic heterocycles. The Hall–Kier alpha value is -1.59. The molecule has 0 bridgehead atoms. The van der Waals surface area contributed by atoms with Gasteiger partial charge in [0.2, 0.25) is 0 Å². The lowest BCUT2D eigenvalue weighted by Crippen LogP contribution is -2.14. The van der Waals surface area contributed by atoms with Crippen molar-refractivity contribution in [3.8, 4) is 11.3 Å². The van der Waals surface area contributed by atoms with Crippen LogP contribution in [-0.4, -0.2) is 11.1 Å². The van der Waals surface area contributed by atoms with E-state index in [9.17, 15) is 4.79 Å². The lowest BCUT2D eigenvalue weighted by Gasteiger charge is -2.04. The number of hydrogen-bond acceptors (Lipinski definition) is 3. The molecule has 0 amide bonds. The number of furan rings is 1. The average molecular weight is 310 g/mol. The van der Waals surface area contributed by atoms with Crippen LogP contribution in [-0.2, 0) is 4.79 Å². The minimum absolute atomic E-state index is 0.146. The molecule has 0 saturated carbocycles. The zero-order valence-corrected chi connectivity index (χ0v) is 11.1. The number of rotatable bonds is 4. The van der Waals surface area contributed by atoms with Crippen LogP contribution in [0.1, 0.15) is 18.2 Å². The second-order valence-electron chi connectivity index (χ2n) is 3.91. The summed E-state index contributed by atoms with van der Waals surface area (Å²) in [7, 11) is 0. The van der Waals surface area contributed by atoms with E-state index < -0.39 is 12.0 Å². The molecule has 94 valence electrons. The summed E-state index contributed by atoms with van der Waals surface area (Å²) in [4.78, 5) is 10.6. The minimum atomic E-state index is -0.941. The Balaban J connectivity index is 2.19. The smallest absolute Gasteiger partial charge is 0.305 e. The molecular weight excluding hydrogens is 298 g/mol. The number of nitrogens with two attached hydrogens (primary N) is 1. The SMILES string of the molecule is NC(CC(=O)O)c1ccc(-c2ccc(Br)cc2)o1. The molecule has 0 aliphatic heterocycles. The first-order chi connectivity index (χ1) is 8.56. The second kappa shape index (κ2) is 5.37.